The highest BCUT2D eigenvalue weighted by Gasteiger charge is 2.13. The molecule has 1 N–H and O–H groups in total. The third-order valence-electron chi connectivity index (χ3n) is 3.30. The van der Waals surface area contributed by atoms with Crippen molar-refractivity contribution in [1.82, 2.24) is 14.8 Å². The average Bonchev–Trinajstić information content (AvgIpc) is 2.67. The molecule has 0 fully saturated rings. The summed E-state index contributed by atoms with van der Waals surface area (Å²) in [5.41, 5.74) is 1.50. The molecule has 20 heavy (non-hydrogen) atoms. The number of rotatable bonds is 4. The zero-order chi connectivity index (χ0) is 14.9. The van der Waals surface area contributed by atoms with Gasteiger partial charge in [-0.25, -0.2) is 8.42 Å². The van der Waals surface area contributed by atoms with Gasteiger partial charge in [-0.1, -0.05) is 6.07 Å². The van der Waals surface area contributed by atoms with E-state index >= 15 is 0 Å². The molecular weight excluding hydrogens is 276 g/mol. The van der Waals surface area contributed by atoms with Crippen LogP contribution >= 0.6 is 0 Å². The van der Waals surface area contributed by atoms with Crippen LogP contribution in [0.25, 0.3) is 0 Å². The first-order valence-electron chi connectivity index (χ1n) is 6.19. The summed E-state index contributed by atoms with van der Waals surface area (Å²) in [7, 11) is -1.32. The molecule has 108 valence electrons. The van der Waals surface area contributed by atoms with Crippen LogP contribution in [0.2, 0.25) is 0 Å². The third-order valence-corrected chi connectivity index (χ3v) is 4.54. The quantitative estimate of drug-likeness (QED) is 0.923. The number of aromatic nitrogens is 3. The largest absolute Gasteiger partial charge is 0.377 e. The molecule has 6 nitrogen and oxygen atoms in total. The number of hydrogen-bond donors (Lipinski definition) is 1. The van der Waals surface area contributed by atoms with Crippen LogP contribution in [0.5, 0.6) is 0 Å². The van der Waals surface area contributed by atoms with Crippen LogP contribution in [-0.4, -0.2) is 29.4 Å². The van der Waals surface area contributed by atoms with Crippen LogP contribution in [-0.2, 0) is 23.4 Å². The van der Waals surface area contributed by atoms with Gasteiger partial charge in [0.15, 0.2) is 15.7 Å². The smallest absolute Gasteiger partial charge is 0.175 e. The molecule has 1 heterocycles. The molecule has 1 aromatic heterocycles. The number of benzene rings is 1. The zero-order valence-electron chi connectivity index (χ0n) is 12.0. The number of anilines is 1. The summed E-state index contributed by atoms with van der Waals surface area (Å²) in [6, 6.07) is 5.20. The van der Waals surface area contributed by atoms with E-state index in [4.69, 9.17) is 0 Å². The maximum Gasteiger partial charge on any atom is 0.175 e. The predicted molar refractivity (Wildman–Crippen MR) is 77.4 cm³/mol. The molecule has 0 unspecified atom stereocenters. The van der Waals surface area contributed by atoms with Gasteiger partial charge < -0.3 is 9.88 Å². The summed E-state index contributed by atoms with van der Waals surface area (Å²) < 4.78 is 25.3. The van der Waals surface area contributed by atoms with E-state index in [1.165, 1.54) is 6.26 Å². The Morgan fingerprint density at radius 2 is 1.95 bits per heavy atom. The van der Waals surface area contributed by atoms with Gasteiger partial charge in [-0.05, 0) is 31.5 Å². The first-order valence-corrected chi connectivity index (χ1v) is 8.08. The highest BCUT2D eigenvalue weighted by atomic mass is 32.2. The highest BCUT2D eigenvalue weighted by molar-refractivity contribution is 7.90. The summed E-state index contributed by atoms with van der Waals surface area (Å²) in [5.74, 6) is 1.63. The Labute approximate surface area is 118 Å². The van der Waals surface area contributed by atoms with Crippen LogP contribution < -0.4 is 5.32 Å². The van der Waals surface area contributed by atoms with Crippen molar-refractivity contribution in [1.29, 1.82) is 0 Å². The number of nitrogens with one attached hydrogen (secondary N) is 1. The second-order valence-electron chi connectivity index (χ2n) is 4.78. The van der Waals surface area contributed by atoms with Gasteiger partial charge in [0.25, 0.3) is 0 Å². The van der Waals surface area contributed by atoms with Crippen molar-refractivity contribution in [3.63, 3.8) is 0 Å². The lowest BCUT2D eigenvalue weighted by Gasteiger charge is -2.12. The molecule has 0 bridgehead atoms. The lowest BCUT2D eigenvalue weighted by molar-refractivity contribution is 0.601. The summed E-state index contributed by atoms with van der Waals surface area (Å²) in [6.45, 7) is 4.16. The van der Waals surface area contributed by atoms with Crippen LogP contribution in [0.15, 0.2) is 23.1 Å². The minimum absolute atomic E-state index is 0.344. The van der Waals surface area contributed by atoms with Crippen LogP contribution in [0.4, 0.5) is 5.69 Å². The lowest BCUT2D eigenvalue weighted by atomic mass is 10.2. The normalized spacial score (nSPS) is 11.6. The Bertz CT molecular complexity index is 735. The maximum atomic E-state index is 11.7. The van der Waals surface area contributed by atoms with Gasteiger partial charge in [0, 0.05) is 19.0 Å². The van der Waals surface area contributed by atoms with Crippen molar-refractivity contribution < 1.29 is 8.42 Å². The van der Waals surface area contributed by atoms with Gasteiger partial charge in [-0.15, -0.1) is 10.2 Å². The van der Waals surface area contributed by atoms with E-state index in [1.54, 1.807) is 19.1 Å². The number of hydrogen-bond acceptors (Lipinski definition) is 5. The van der Waals surface area contributed by atoms with Crippen molar-refractivity contribution in [2.45, 2.75) is 25.3 Å². The summed E-state index contributed by atoms with van der Waals surface area (Å²) in [6.07, 6.45) is 1.21. The van der Waals surface area contributed by atoms with Crippen molar-refractivity contribution >= 4 is 15.5 Å². The van der Waals surface area contributed by atoms with E-state index in [9.17, 15) is 8.42 Å². The van der Waals surface area contributed by atoms with Gasteiger partial charge in [-0.3, -0.25) is 0 Å². The van der Waals surface area contributed by atoms with Crippen molar-refractivity contribution in [2.24, 2.45) is 7.05 Å². The summed E-state index contributed by atoms with van der Waals surface area (Å²) >= 11 is 0. The fourth-order valence-electron chi connectivity index (χ4n) is 1.99. The minimum atomic E-state index is -3.22. The van der Waals surface area contributed by atoms with Gasteiger partial charge >= 0.3 is 0 Å². The van der Waals surface area contributed by atoms with Crippen molar-refractivity contribution in [3.8, 4) is 0 Å². The Balaban J connectivity index is 2.25. The van der Waals surface area contributed by atoms with Crippen LogP contribution in [0.3, 0.4) is 0 Å². The van der Waals surface area contributed by atoms with E-state index in [0.29, 0.717) is 17.0 Å². The summed E-state index contributed by atoms with van der Waals surface area (Å²) in [5, 5.41) is 11.3. The Morgan fingerprint density at radius 1 is 1.25 bits per heavy atom. The molecule has 0 amide bonds. The highest BCUT2D eigenvalue weighted by Crippen LogP contribution is 2.23. The van der Waals surface area contributed by atoms with E-state index in [0.717, 1.165) is 17.3 Å². The van der Waals surface area contributed by atoms with E-state index in [1.807, 2.05) is 24.6 Å². The zero-order valence-corrected chi connectivity index (χ0v) is 12.8. The van der Waals surface area contributed by atoms with Crippen molar-refractivity contribution in [2.75, 3.05) is 11.6 Å². The molecule has 0 saturated heterocycles. The Hall–Kier alpha value is -1.89. The van der Waals surface area contributed by atoms with Crippen LogP contribution in [0.1, 0.15) is 17.2 Å². The molecule has 0 atom stereocenters. The fourth-order valence-corrected chi connectivity index (χ4v) is 2.98. The van der Waals surface area contributed by atoms with Gasteiger partial charge in [0.05, 0.1) is 11.4 Å². The van der Waals surface area contributed by atoms with Gasteiger partial charge in [0.1, 0.15) is 5.82 Å². The minimum Gasteiger partial charge on any atom is -0.377 e. The molecule has 0 aliphatic rings. The van der Waals surface area contributed by atoms with Crippen molar-refractivity contribution in [3.05, 3.63) is 35.4 Å². The first kappa shape index (κ1) is 14.5. The molecule has 0 spiro atoms. The Morgan fingerprint density at radius 3 is 2.50 bits per heavy atom. The molecule has 0 saturated carbocycles. The lowest BCUT2D eigenvalue weighted by Crippen LogP contribution is -2.09. The molecule has 1 aromatic carbocycles. The summed E-state index contributed by atoms with van der Waals surface area (Å²) in [4.78, 5) is 0.344. The molecule has 2 rings (SSSR count). The van der Waals surface area contributed by atoms with E-state index < -0.39 is 9.84 Å². The number of sulfone groups is 1. The topological polar surface area (TPSA) is 76.9 Å². The second-order valence-corrected chi connectivity index (χ2v) is 6.76. The van der Waals surface area contributed by atoms with Crippen LogP contribution in [0, 0.1) is 13.8 Å². The third kappa shape index (κ3) is 2.82. The van der Waals surface area contributed by atoms with Gasteiger partial charge in [0.2, 0.25) is 0 Å². The van der Waals surface area contributed by atoms with E-state index in [-0.39, 0.29) is 0 Å². The van der Waals surface area contributed by atoms with Gasteiger partial charge in [-0.2, -0.15) is 0 Å². The SMILES string of the molecule is Cc1c(NCc2nnc(C)n2C)cccc1S(C)(=O)=O. The molecular formula is C13H18N4O2S. The number of nitrogens with zero attached hydrogens (tertiary/aromatic N) is 3. The maximum absolute atomic E-state index is 11.7. The molecule has 0 radical (unpaired) electrons. The Kier molecular flexibility index (Phi) is 3.80. The molecule has 0 aliphatic carbocycles. The van der Waals surface area contributed by atoms with E-state index in [2.05, 4.69) is 15.5 Å². The fraction of sp³-hybridized carbons (Fsp3) is 0.385. The molecule has 7 heteroatoms. The predicted octanol–water partition coefficient (Wildman–Crippen LogP) is 1.45. The molecule has 0 aliphatic heterocycles. The standard InChI is InChI=1S/C13H18N4O2S/c1-9-11(6-5-7-12(9)20(4,18)19)14-8-13-16-15-10(2)17(13)3/h5-7,14H,8H2,1-4H3. The number of aryl methyl sites for hydroxylation is 1. The second kappa shape index (κ2) is 5.24. The molecule has 2 aromatic rings. The first-order chi connectivity index (χ1) is 9.30. The monoisotopic (exact) mass is 294 g/mol. The average molecular weight is 294 g/mol.